The molecule has 0 aromatic rings. The van der Waals surface area contributed by atoms with Crippen LogP contribution in [-0.2, 0) is 19.0 Å². The molecule has 114 valence electrons. The number of unbranched alkanes of at least 4 members (excludes halogenated alkanes) is 2. The Hall–Kier alpha value is -1.38. The molecule has 2 atom stereocenters. The molecule has 0 aromatic heterocycles. The summed E-state index contributed by atoms with van der Waals surface area (Å²) < 4.78 is 16.0. The van der Waals surface area contributed by atoms with Gasteiger partial charge in [-0.1, -0.05) is 19.8 Å². The van der Waals surface area contributed by atoms with Gasteiger partial charge in [0.15, 0.2) is 0 Å². The van der Waals surface area contributed by atoms with E-state index in [1.165, 1.54) is 12.8 Å². The van der Waals surface area contributed by atoms with Crippen LogP contribution in [-0.4, -0.2) is 38.0 Å². The summed E-state index contributed by atoms with van der Waals surface area (Å²) in [5.74, 6) is -0.536. The maximum absolute atomic E-state index is 11.1. The van der Waals surface area contributed by atoms with Gasteiger partial charge in [-0.25, -0.2) is 4.79 Å². The Bertz CT molecular complexity index is 322. The number of carbonyl (C=O) groups excluding carboxylic acids is 1. The summed E-state index contributed by atoms with van der Waals surface area (Å²) in [6, 6.07) is 1.73. The molecule has 2 unspecified atom stereocenters. The third-order valence-corrected chi connectivity index (χ3v) is 2.52. The number of carbonyl (C=O) groups is 1. The Morgan fingerprint density at radius 3 is 2.55 bits per heavy atom. The van der Waals surface area contributed by atoms with Gasteiger partial charge >= 0.3 is 5.97 Å². The molecule has 0 aliphatic heterocycles. The van der Waals surface area contributed by atoms with Crippen LogP contribution >= 0.6 is 0 Å². The van der Waals surface area contributed by atoms with Crippen LogP contribution in [0.4, 0.5) is 0 Å². The Labute approximate surface area is 121 Å². The lowest BCUT2D eigenvalue weighted by Crippen LogP contribution is -2.24. The van der Waals surface area contributed by atoms with E-state index in [0.29, 0.717) is 6.61 Å². The molecule has 0 spiro atoms. The van der Waals surface area contributed by atoms with E-state index < -0.39 is 5.97 Å². The van der Waals surface area contributed by atoms with E-state index in [4.69, 9.17) is 19.5 Å². The molecule has 0 saturated heterocycles. The minimum Gasteiger partial charge on any atom is -0.460 e. The van der Waals surface area contributed by atoms with Gasteiger partial charge in [0, 0.05) is 18.8 Å². The fraction of sp³-hybridized carbons (Fsp3) is 0.733. The van der Waals surface area contributed by atoms with E-state index >= 15 is 0 Å². The molecule has 0 N–H and O–H groups in total. The molecule has 0 aromatic carbocycles. The van der Waals surface area contributed by atoms with Crippen molar-refractivity contribution in [2.45, 2.75) is 52.2 Å². The van der Waals surface area contributed by atoms with Crippen molar-refractivity contribution in [2.75, 3.05) is 19.8 Å². The van der Waals surface area contributed by atoms with E-state index in [0.717, 1.165) is 25.2 Å². The second-order valence-electron chi connectivity index (χ2n) is 4.62. The van der Waals surface area contributed by atoms with Gasteiger partial charge in [0.25, 0.3) is 0 Å². The van der Waals surface area contributed by atoms with Crippen molar-refractivity contribution < 1.29 is 19.0 Å². The van der Waals surface area contributed by atoms with Crippen LogP contribution < -0.4 is 0 Å². The number of nitrogens with zero attached hydrogens (tertiary/aromatic N) is 1. The van der Waals surface area contributed by atoms with Crippen molar-refractivity contribution >= 4 is 5.97 Å². The van der Waals surface area contributed by atoms with E-state index in [-0.39, 0.29) is 18.8 Å². The van der Waals surface area contributed by atoms with Crippen LogP contribution in [0.15, 0.2) is 12.2 Å². The van der Waals surface area contributed by atoms with E-state index in [1.807, 2.05) is 13.8 Å². The zero-order valence-electron chi connectivity index (χ0n) is 12.6. The largest absolute Gasteiger partial charge is 0.460 e. The summed E-state index contributed by atoms with van der Waals surface area (Å²) in [6.45, 7) is 7.32. The van der Waals surface area contributed by atoms with Crippen molar-refractivity contribution in [1.82, 2.24) is 0 Å². The number of hydrogen-bond acceptors (Lipinski definition) is 5. The van der Waals surface area contributed by atoms with Crippen LogP contribution in [0.25, 0.3) is 0 Å². The van der Waals surface area contributed by atoms with Gasteiger partial charge in [-0.15, -0.1) is 0 Å². The highest BCUT2D eigenvalue weighted by Crippen LogP contribution is 2.01. The van der Waals surface area contributed by atoms with Crippen LogP contribution in [0, 0.1) is 11.3 Å². The first-order valence-corrected chi connectivity index (χ1v) is 7.06. The maximum Gasteiger partial charge on any atom is 0.331 e. The molecular formula is C15H25NO4. The molecule has 0 amide bonds. The first-order valence-electron chi connectivity index (χ1n) is 7.06. The van der Waals surface area contributed by atoms with Gasteiger partial charge in [-0.2, -0.15) is 5.26 Å². The van der Waals surface area contributed by atoms with E-state index in [2.05, 4.69) is 6.92 Å². The molecule has 0 fully saturated rings. The fourth-order valence-corrected chi connectivity index (χ4v) is 1.39. The summed E-state index contributed by atoms with van der Waals surface area (Å²) in [6.07, 6.45) is 5.43. The lowest BCUT2D eigenvalue weighted by molar-refractivity contribution is -0.142. The quantitative estimate of drug-likeness (QED) is 0.252. The lowest BCUT2D eigenvalue weighted by atomic mass is 10.3. The fourth-order valence-electron chi connectivity index (χ4n) is 1.39. The number of esters is 1. The normalized spacial score (nSPS) is 13.9. The Kier molecular flexibility index (Phi) is 11.8. The highest BCUT2D eigenvalue weighted by Gasteiger charge is 2.08. The predicted molar refractivity (Wildman–Crippen MR) is 76.1 cm³/mol. The molecule has 0 saturated carbocycles. The van der Waals surface area contributed by atoms with Gasteiger partial charge in [0.2, 0.25) is 0 Å². The van der Waals surface area contributed by atoms with Crippen LogP contribution in [0.1, 0.15) is 40.0 Å². The first-order chi connectivity index (χ1) is 9.60. The van der Waals surface area contributed by atoms with Gasteiger partial charge < -0.3 is 14.2 Å². The Morgan fingerprint density at radius 2 is 1.90 bits per heavy atom. The molecular weight excluding hydrogens is 258 g/mol. The van der Waals surface area contributed by atoms with Gasteiger partial charge in [0.1, 0.15) is 6.61 Å². The van der Waals surface area contributed by atoms with Crippen molar-refractivity contribution in [3.8, 4) is 6.07 Å². The second-order valence-corrected chi connectivity index (χ2v) is 4.62. The zero-order valence-corrected chi connectivity index (χ0v) is 12.6. The molecule has 20 heavy (non-hydrogen) atoms. The molecule has 0 rings (SSSR count). The van der Waals surface area contributed by atoms with Crippen LogP contribution in [0.3, 0.4) is 0 Å². The maximum atomic E-state index is 11.1. The Morgan fingerprint density at radius 1 is 1.20 bits per heavy atom. The minimum atomic E-state index is -0.536. The highest BCUT2D eigenvalue weighted by atomic mass is 16.6. The SMILES string of the molecule is CCCCCOC(C)COC(C)COC(=O)C=CC#N. The molecule has 5 nitrogen and oxygen atoms in total. The molecule has 5 heteroatoms. The minimum absolute atomic E-state index is 0.0310. The average molecular weight is 283 g/mol. The molecule has 0 heterocycles. The van der Waals surface area contributed by atoms with Crippen LogP contribution in [0.5, 0.6) is 0 Å². The lowest BCUT2D eigenvalue weighted by Gasteiger charge is -2.17. The van der Waals surface area contributed by atoms with Crippen molar-refractivity contribution in [2.24, 2.45) is 0 Å². The second kappa shape index (κ2) is 12.6. The van der Waals surface area contributed by atoms with E-state index in [1.54, 1.807) is 6.07 Å². The summed E-state index contributed by atoms with van der Waals surface area (Å²) in [7, 11) is 0. The van der Waals surface area contributed by atoms with Gasteiger partial charge in [-0.05, 0) is 20.3 Å². The first kappa shape index (κ1) is 18.6. The standard InChI is InChI=1S/C15H25NO4/c1-4-5-6-10-18-13(2)11-19-14(3)12-20-15(17)8-7-9-16/h7-8,13-14H,4-6,10-12H2,1-3H3. The molecule has 0 radical (unpaired) electrons. The van der Waals surface area contributed by atoms with E-state index in [9.17, 15) is 4.79 Å². The number of ether oxygens (including phenoxy) is 3. The number of allylic oxidation sites excluding steroid dienone is 1. The third kappa shape index (κ3) is 11.7. The average Bonchev–Trinajstić information content (AvgIpc) is 2.45. The summed E-state index contributed by atoms with van der Waals surface area (Å²) in [4.78, 5) is 11.1. The predicted octanol–water partition coefficient (Wildman–Crippen LogP) is 2.61. The molecule has 0 aliphatic carbocycles. The molecule has 0 bridgehead atoms. The third-order valence-electron chi connectivity index (χ3n) is 2.52. The number of nitriles is 1. The van der Waals surface area contributed by atoms with Gasteiger partial charge in [0.05, 0.1) is 24.9 Å². The monoisotopic (exact) mass is 283 g/mol. The van der Waals surface area contributed by atoms with Crippen molar-refractivity contribution in [3.63, 3.8) is 0 Å². The van der Waals surface area contributed by atoms with Crippen molar-refractivity contribution in [3.05, 3.63) is 12.2 Å². The van der Waals surface area contributed by atoms with Gasteiger partial charge in [-0.3, -0.25) is 0 Å². The topological polar surface area (TPSA) is 68.6 Å². The number of hydrogen-bond donors (Lipinski definition) is 0. The highest BCUT2D eigenvalue weighted by molar-refractivity contribution is 5.82. The molecule has 0 aliphatic rings. The van der Waals surface area contributed by atoms with Crippen LogP contribution in [0.2, 0.25) is 0 Å². The number of rotatable bonds is 11. The summed E-state index contributed by atoms with van der Waals surface area (Å²) in [5.41, 5.74) is 0. The van der Waals surface area contributed by atoms with Crippen molar-refractivity contribution in [1.29, 1.82) is 5.26 Å². The summed E-state index contributed by atoms with van der Waals surface area (Å²) in [5, 5.41) is 8.26. The zero-order chi connectivity index (χ0) is 15.2. The Balaban J connectivity index is 3.61. The smallest absolute Gasteiger partial charge is 0.331 e. The summed E-state index contributed by atoms with van der Waals surface area (Å²) >= 11 is 0.